The van der Waals surface area contributed by atoms with E-state index in [1.165, 1.54) is 0 Å². The van der Waals surface area contributed by atoms with Gasteiger partial charge in [0.2, 0.25) is 0 Å². The van der Waals surface area contributed by atoms with E-state index in [0.717, 1.165) is 0 Å². The maximum atomic E-state index is 2.26. The van der Waals surface area contributed by atoms with E-state index >= 15 is 0 Å². The van der Waals surface area contributed by atoms with Gasteiger partial charge in [0.05, 0.1) is 0 Å². The van der Waals surface area contributed by atoms with Crippen LogP contribution in [0.15, 0.2) is 0 Å². The van der Waals surface area contributed by atoms with Crippen molar-refractivity contribution in [1.29, 1.82) is 0 Å². The minimum absolute atomic E-state index is 0. The van der Waals surface area contributed by atoms with E-state index < -0.39 is 0 Å². The minimum Gasteiger partial charge on any atom is -0.344 e. The van der Waals surface area contributed by atoms with Crippen LogP contribution >= 0.6 is 0 Å². The van der Waals surface area contributed by atoms with Gasteiger partial charge in [-0.25, -0.2) is 0 Å². The van der Waals surface area contributed by atoms with Crippen LogP contribution in [-0.4, -0.2) is 9.52 Å². The zero-order chi connectivity index (χ0) is 2.71. The lowest BCUT2D eigenvalue weighted by Gasteiger charge is -1.45. The normalized spacial score (nSPS) is 3.60. The monoisotopic (exact) mass is 94.1 g/mol. The van der Waals surface area contributed by atoms with Crippen molar-refractivity contribution in [1.82, 2.24) is 12.3 Å². The first-order valence-electron chi connectivity index (χ1n) is 1.41. The zero-order valence-electron chi connectivity index (χ0n) is 4.12. The van der Waals surface area contributed by atoms with Crippen LogP contribution in [0.5, 0.6) is 0 Å². The Balaban J connectivity index is -0.0000000200. The van der Waals surface area contributed by atoms with Crippen LogP contribution in [0.25, 0.3) is 0 Å². The van der Waals surface area contributed by atoms with E-state index in [1.54, 1.807) is 0 Å². The fraction of sp³-hybridized carbons (Fsp3) is 1.00. The number of hydrogen-bond acceptors (Lipinski definition) is 2. The minimum atomic E-state index is 0. The van der Waals surface area contributed by atoms with Gasteiger partial charge in [-0.15, -0.1) is 0 Å². The Morgan fingerprint density at radius 1 is 1.00 bits per heavy atom. The highest BCUT2D eigenvalue weighted by molar-refractivity contribution is 6.31. The van der Waals surface area contributed by atoms with Crippen LogP contribution < -0.4 is 12.3 Å². The first-order chi connectivity index (χ1) is 1.41. The molecule has 0 aromatic heterocycles. The van der Waals surface area contributed by atoms with Crippen LogP contribution in [0, 0.1) is 0 Å². The topological polar surface area (TPSA) is 70.0 Å². The van der Waals surface area contributed by atoms with Gasteiger partial charge in [-0.3, -0.25) is 0 Å². The molecule has 0 saturated heterocycles. The molecule has 0 atom stereocenters. The van der Waals surface area contributed by atoms with Crippen molar-refractivity contribution in [2.45, 2.75) is 13.1 Å². The smallest absolute Gasteiger partial charge is 0.0135 e. The Labute approximate surface area is 36.0 Å². The zero-order valence-corrected chi connectivity index (χ0v) is 5.54. The molecule has 0 saturated carbocycles. The van der Waals surface area contributed by atoms with E-state index in [2.05, 4.69) is 13.1 Å². The lowest BCUT2D eigenvalue weighted by Crippen LogP contribution is -1.53. The van der Waals surface area contributed by atoms with Crippen molar-refractivity contribution in [2.24, 2.45) is 0 Å². The van der Waals surface area contributed by atoms with Crippen LogP contribution in [0.3, 0.4) is 0 Å². The van der Waals surface area contributed by atoms with Gasteiger partial charge in [-0.1, -0.05) is 13.1 Å². The molecule has 2 nitrogen and oxygen atoms in total. The Hall–Kier alpha value is 0.137. The lowest BCUT2D eigenvalue weighted by atomic mass is 11.9. The van der Waals surface area contributed by atoms with Crippen molar-refractivity contribution in [3.8, 4) is 0 Å². The number of rotatable bonds is 0. The summed E-state index contributed by atoms with van der Waals surface area (Å²) in [5.41, 5.74) is 0. The Morgan fingerprint density at radius 3 is 1.00 bits per heavy atom. The van der Waals surface area contributed by atoms with E-state index in [4.69, 9.17) is 0 Å². The molecule has 0 unspecified atom stereocenters. The second kappa shape index (κ2) is 31.5. The second-order valence-corrected chi connectivity index (χ2v) is 2.12. The fourth-order valence-electron chi connectivity index (χ4n) is 0. The molecule has 0 spiro atoms. The van der Waals surface area contributed by atoms with E-state index in [-0.39, 0.29) is 12.3 Å². The third-order valence-electron chi connectivity index (χ3n) is 0. The van der Waals surface area contributed by atoms with Gasteiger partial charge in [-0.05, 0) is 0 Å². The van der Waals surface area contributed by atoms with Gasteiger partial charge in [0.15, 0.2) is 0 Å². The van der Waals surface area contributed by atoms with E-state index in [1.807, 2.05) is 0 Å². The van der Waals surface area contributed by atoms with Gasteiger partial charge >= 0.3 is 0 Å². The molecule has 6 N–H and O–H groups in total. The van der Waals surface area contributed by atoms with Crippen LogP contribution in [0.1, 0.15) is 0 Å². The van der Waals surface area contributed by atoms with Crippen LogP contribution in [0.4, 0.5) is 0 Å². The highest BCUT2D eigenvalue weighted by Gasteiger charge is 1.38. The molecule has 0 aromatic carbocycles. The summed E-state index contributed by atoms with van der Waals surface area (Å²) >= 11 is 0. The van der Waals surface area contributed by atoms with Crippen molar-refractivity contribution >= 4 is 9.52 Å². The van der Waals surface area contributed by atoms with Crippen molar-refractivity contribution in [2.75, 3.05) is 0 Å². The highest BCUT2D eigenvalue weighted by Crippen LogP contribution is 1.36. The van der Waals surface area contributed by atoms with Crippen molar-refractivity contribution in [3.63, 3.8) is 0 Å². The molecule has 0 aliphatic rings. The Morgan fingerprint density at radius 2 is 1.00 bits per heavy atom. The third kappa shape index (κ3) is 1010. The first kappa shape index (κ1) is 19.3. The molecule has 0 aliphatic heterocycles. The molecule has 0 fully saturated rings. The van der Waals surface area contributed by atoms with E-state index in [0.29, 0.717) is 9.52 Å². The van der Waals surface area contributed by atoms with Crippen LogP contribution in [-0.2, 0) is 0 Å². The molecule has 0 amide bonds. The van der Waals surface area contributed by atoms with Gasteiger partial charge in [0.1, 0.15) is 0 Å². The standard InChI is InChI=1S/C2H8Si.2H3N/c1-3-2;;/h3H2,1-2H3;2*1H3. The molecule has 0 radical (unpaired) electrons. The maximum absolute atomic E-state index is 2.26. The predicted molar refractivity (Wildman–Crippen MR) is 30.3 cm³/mol. The fourth-order valence-corrected chi connectivity index (χ4v) is 0. The van der Waals surface area contributed by atoms with Gasteiger partial charge in [0, 0.05) is 9.52 Å². The summed E-state index contributed by atoms with van der Waals surface area (Å²) in [7, 11) is 0.417. The maximum Gasteiger partial charge on any atom is 0.0135 e. The van der Waals surface area contributed by atoms with Crippen molar-refractivity contribution in [3.05, 3.63) is 0 Å². The summed E-state index contributed by atoms with van der Waals surface area (Å²) in [5.74, 6) is 0. The highest BCUT2D eigenvalue weighted by atomic mass is 28.2. The molecule has 0 aliphatic carbocycles. The molecular formula is C2H14N2Si. The van der Waals surface area contributed by atoms with Crippen LogP contribution in [0.2, 0.25) is 13.1 Å². The summed E-state index contributed by atoms with van der Waals surface area (Å²) in [6.07, 6.45) is 0. The Bertz CT molecular complexity index is 7.61. The second-order valence-electron chi connectivity index (χ2n) is 0.707. The molecule has 36 valence electrons. The third-order valence-corrected chi connectivity index (χ3v) is 0. The van der Waals surface area contributed by atoms with Crippen molar-refractivity contribution < 1.29 is 0 Å². The largest absolute Gasteiger partial charge is 0.344 e. The average Bonchev–Trinajstić information content (AvgIpc) is 0.918. The summed E-state index contributed by atoms with van der Waals surface area (Å²) in [6.45, 7) is 4.53. The van der Waals surface area contributed by atoms with Gasteiger partial charge in [0.25, 0.3) is 0 Å². The van der Waals surface area contributed by atoms with E-state index in [9.17, 15) is 0 Å². The molecule has 0 aromatic rings. The number of hydrogen-bond donors (Lipinski definition) is 2. The summed E-state index contributed by atoms with van der Waals surface area (Å²) in [4.78, 5) is 0. The van der Waals surface area contributed by atoms with Gasteiger partial charge < -0.3 is 12.3 Å². The molecule has 3 heteroatoms. The molecule has 0 heterocycles. The van der Waals surface area contributed by atoms with Gasteiger partial charge in [-0.2, -0.15) is 0 Å². The lowest BCUT2D eigenvalue weighted by molar-refractivity contribution is 2.13. The summed E-state index contributed by atoms with van der Waals surface area (Å²) in [5, 5.41) is 0. The first-order valence-corrected chi connectivity index (χ1v) is 4.24. The summed E-state index contributed by atoms with van der Waals surface area (Å²) < 4.78 is 0. The average molecular weight is 94.2 g/mol. The summed E-state index contributed by atoms with van der Waals surface area (Å²) in [6, 6.07) is 0. The molecule has 0 rings (SSSR count). The molecule has 5 heavy (non-hydrogen) atoms. The molecular weight excluding hydrogens is 80.1 g/mol. The quantitative estimate of drug-likeness (QED) is 0.431. The molecule has 0 bridgehead atoms. The predicted octanol–water partition coefficient (Wildman–Crippen LogP) is 0.575. The SMILES string of the molecule is C[SiH2]C.N.N. The Kier molecular flexibility index (Phi) is 121.